The number of benzene rings is 1. The first kappa shape index (κ1) is 15.3. The first-order valence-electron chi connectivity index (χ1n) is 7.71. The maximum absolute atomic E-state index is 10.4. The Morgan fingerprint density at radius 2 is 1.85 bits per heavy atom. The molecular weight excluding hydrogens is 250 g/mol. The molecule has 0 bridgehead atoms. The zero-order valence-electron chi connectivity index (χ0n) is 12.9. The van der Waals surface area contributed by atoms with Crippen molar-refractivity contribution in [1.29, 1.82) is 0 Å². The Morgan fingerprint density at radius 1 is 1.25 bits per heavy atom. The van der Waals surface area contributed by atoms with E-state index < -0.39 is 5.60 Å². The smallest absolute Gasteiger partial charge is 0.118 e. The normalized spacial score (nSPS) is 17.0. The molecule has 1 aromatic carbocycles. The van der Waals surface area contributed by atoms with Crippen LogP contribution in [0.4, 0.5) is 0 Å². The summed E-state index contributed by atoms with van der Waals surface area (Å²) in [5.41, 5.74) is 0.711. The molecule has 0 amide bonds. The van der Waals surface area contributed by atoms with Gasteiger partial charge in [0, 0.05) is 12.6 Å². The van der Waals surface area contributed by atoms with Gasteiger partial charge in [0.05, 0.1) is 12.7 Å². The average Bonchev–Trinajstić information content (AvgIpc) is 3.32. The van der Waals surface area contributed by atoms with Gasteiger partial charge in [-0.1, -0.05) is 26.0 Å². The van der Waals surface area contributed by atoms with E-state index in [1.807, 2.05) is 26.0 Å². The molecule has 1 atom stereocenters. The van der Waals surface area contributed by atoms with Crippen molar-refractivity contribution in [3.05, 3.63) is 29.8 Å². The monoisotopic (exact) mass is 277 g/mol. The summed E-state index contributed by atoms with van der Waals surface area (Å²) in [7, 11) is 1.69. The lowest BCUT2D eigenvalue weighted by atomic mass is 9.95. The minimum Gasteiger partial charge on any atom is -0.497 e. The second-order valence-electron chi connectivity index (χ2n) is 5.90. The van der Waals surface area contributed by atoms with Gasteiger partial charge < -0.3 is 15.2 Å². The van der Waals surface area contributed by atoms with E-state index in [1.165, 1.54) is 18.4 Å². The molecule has 1 aromatic rings. The Bertz CT molecular complexity index is 408. The Kier molecular flexibility index (Phi) is 5.06. The van der Waals surface area contributed by atoms with Gasteiger partial charge in [0.2, 0.25) is 0 Å². The van der Waals surface area contributed by atoms with Crippen molar-refractivity contribution in [2.75, 3.05) is 13.7 Å². The van der Waals surface area contributed by atoms with E-state index in [1.54, 1.807) is 7.11 Å². The van der Waals surface area contributed by atoms with Crippen LogP contribution in [0.5, 0.6) is 5.75 Å². The third-order valence-corrected chi connectivity index (χ3v) is 4.54. The summed E-state index contributed by atoms with van der Waals surface area (Å²) in [6.45, 7) is 4.75. The highest BCUT2D eigenvalue weighted by Crippen LogP contribution is 2.41. The summed E-state index contributed by atoms with van der Waals surface area (Å²) in [5.74, 6) is 1.60. The molecule has 0 saturated heterocycles. The molecule has 1 saturated carbocycles. The van der Waals surface area contributed by atoms with Gasteiger partial charge in [0.1, 0.15) is 5.75 Å². The molecule has 2 rings (SSSR count). The molecule has 112 valence electrons. The molecule has 0 spiro atoms. The minimum absolute atomic E-state index is 0.352. The van der Waals surface area contributed by atoms with E-state index in [2.05, 4.69) is 17.4 Å². The van der Waals surface area contributed by atoms with Crippen molar-refractivity contribution < 1.29 is 9.84 Å². The number of aliphatic hydroxyl groups is 1. The van der Waals surface area contributed by atoms with Gasteiger partial charge >= 0.3 is 0 Å². The van der Waals surface area contributed by atoms with Gasteiger partial charge in [-0.25, -0.2) is 0 Å². The van der Waals surface area contributed by atoms with E-state index >= 15 is 0 Å². The summed E-state index contributed by atoms with van der Waals surface area (Å²) >= 11 is 0. The van der Waals surface area contributed by atoms with E-state index in [0.29, 0.717) is 18.5 Å². The number of ether oxygens (including phenoxy) is 1. The molecule has 1 aliphatic rings. The number of hydrogen-bond donors (Lipinski definition) is 2. The number of rotatable bonds is 8. The Morgan fingerprint density at radius 3 is 2.30 bits per heavy atom. The summed E-state index contributed by atoms with van der Waals surface area (Å²) in [4.78, 5) is 0. The SMILES string of the molecule is CCC(O)(CC)CNC(c1ccc(OC)cc1)C1CC1. The van der Waals surface area contributed by atoms with Crippen molar-refractivity contribution in [2.45, 2.75) is 51.2 Å². The molecule has 0 radical (unpaired) electrons. The van der Waals surface area contributed by atoms with Crippen molar-refractivity contribution in [3.63, 3.8) is 0 Å². The Labute approximate surface area is 122 Å². The highest BCUT2D eigenvalue weighted by molar-refractivity contribution is 5.30. The van der Waals surface area contributed by atoms with E-state index in [-0.39, 0.29) is 0 Å². The minimum atomic E-state index is -0.584. The number of nitrogens with one attached hydrogen (secondary N) is 1. The molecule has 2 N–H and O–H groups in total. The summed E-state index contributed by atoms with van der Waals surface area (Å²) in [6, 6.07) is 8.64. The largest absolute Gasteiger partial charge is 0.497 e. The van der Waals surface area contributed by atoms with E-state index in [0.717, 1.165) is 18.6 Å². The third kappa shape index (κ3) is 3.74. The zero-order valence-corrected chi connectivity index (χ0v) is 12.9. The fraction of sp³-hybridized carbons (Fsp3) is 0.647. The number of methoxy groups -OCH3 is 1. The van der Waals surface area contributed by atoms with E-state index in [9.17, 15) is 5.11 Å². The lowest BCUT2D eigenvalue weighted by molar-refractivity contribution is 0.0291. The molecule has 3 heteroatoms. The van der Waals surface area contributed by atoms with Crippen LogP contribution in [0, 0.1) is 5.92 Å². The topological polar surface area (TPSA) is 41.5 Å². The highest BCUT2D eigenvalue weighted by Gasteiger charge is 2.34. The predicted octanol–water partition coefficient (Wildman–Crippen LogP) is 3.29. The van der Waals surface area contributed by atoms with Crippen LogP contribution >= 0.6 is 0 Å². The molecule has 0 heterocycles. The van der Waals surface area contributed by atoms with Crippen LogP contribution in [0.15, 0.2) is 24.3 Å². The summed E-state index contributed by atoms with van der Waals surface area (Å²) < 4.78 is 5.21. The summed E-state index contributed by atoms with van der Waals surface area (Å²) in [5, 5.41) is 14.0. The van der Waals surface area contributed by atoms with Crippen molar-refractivity contribution in [2.24, 2.45) is 5.92 Å². The van der Waals surface area contributed by atoms with E-state index in [4.69, 9.17) is 4.74 Å². The summed E-state index contributed by atoms with van der Waals surface area (Å²) in [6.07, 6.45) is 4.13. The van der Waals surface area contributed by atoms with Crippen LogP contribution in [0.25, 0.3) is 0 Å². The first-order chi connectivity index (χ1) is 9.61. The maximum Gasteiger partial charge on any atom is 0.118 e. The van der Waals surface area contributed by atoms with Crippen molar-refractivity contribution >= 4 is 0 Å². The van der Waals surface area contributed by atoms with Gasteiger partial charge in [0.15, 0.2) is 0 Å². The molecular formula is C17H27NO2. The van der Waals surface area contributed by atoms with Gasteiger partial charge in [-0.15, -0.1) is 0 Å². The molecule has 1 aliphatic carbocycles. The van der Waals surface area contributed by atoms with Crippen molar-refractivity contribution in [1.82, 2.24) is 5.32 Å². The van der Waals surface area contributed by atoms with Gasteiger partial charge in [-0.3, -0.25) is 0 Å². The van der Waals surface area contributed by atoms with Crippen LogP contribution < -0.4 is 10.1 Å². The Hall–Kier alpha value is -1.06. The van der Waals surface area contributed by atoms with Crippen LogP contribution in [0.3, 0.4) is 0 Å². The zero-order chi connectivity index (χ0) is 14.6. The first-order valence-corrected chi connectivity index (χ1v) is 7.71. The molecule has 20 heavy (non-hydrogen) atoms. The fourth-order valence-electron chi connectivity index (χ4n) is 2.60. The lowest BCUT2D eigenvalue weighted by Gasteiger charge is -2.29. The van der Waals surface area contributed by atoms with Gasteiger partial charge in [0.25, 0.3) is 0 Å². The number of hydrogen-bond acceptors (Lipinski definition) is 3. The lowest BCUT2D eigenvalue weighted by Crippen LogP contribution is -2.41. The average molecular weight is 277 g/mol. The van der Waals surface area contributed by atoms with Crippen LogP contribution in [0.2, 0.25) is 0 Å². The molecule has 3 nitrogen and oxygen atoms in total. The Balaban J connectivity index is 2.03. The predicted molar refractivity (Wildman–Crippen MR) is 82.0 cm³/mol. The second kappa shape index (κ2) is 6.59. The quantitative estimate of drug-likeness (QED) is 0.766. The highest BCUT2D eigenvalue weighted by atomic mass is 16.5. The van der Waals surface area contributed by atoms with Crippen LogP contribution in [-0.4, -0.2) is 24.4 Å². The van der Waals surface area contributed by atoms with Gasteiger partial charge in [-0.05, 0) is 49.3 Å². The van der Waals surface area contributed by atoms with Crippen LogP contribution in [-0.2, 0) is 0 Å². The molecule has 1 fully saturated rings. The van der Waals surface area contributed by atoms with Crippen molar-refractivity contribution in [3.8, 4) is 5.75 Å². The third-order valence-electron chi connectivity index (χ3n) is 4.54. The van der Waals surface area contributed by atoms with Crippen LogP contribution in [0.1, 0.15) is 51.1 Å². The van der Waals surface area contributed by atoms with Gasteiger partial charge in [-0.2, -0.15) is 0 Å². The second-order valence-corrected chi connectivity index (χ2v) is 5.90. The molecule has 0 aliphatic heterocycles. The fourth-order valence-corrected chi connectivity index (χ4v) is 2.60. The standard InChI is InChI=1S/C17H27NO2/c1-4-17(19,5-2)12-18-16(13-6-7-13)14-8-10-15(20-3)11-9-14/h8-11,13,16,18-19H,4-7,12H2,1-3H3. The maximum atomic E-state index is 10.4. The molecule has 1 unspecified atom stereocenters. The molecule has 0 aromatic heterocycles.